The first-order valence-electron chi connectivity index (χ1n) is 11.4. The van der Waals surface area contributed by atoms with Crippen LogP contribution in [0.15, 0.2) is 30.3 Å². The molecule has 156 valence electrons. The van der Waals surface area contributed by atoms with Crippen LogP contribution in [0.1, 0.15) is 83.8 Å². The molecule has 1 aromatic carbocycles. The molecule has 2 aliphatic rings. The quantitative estimate of drug-likeness (QED) is 0.576. The minimum Gasteiger partial charge on any atom is -0.396 e. The fraction of sp³-hybridized carbons (Fsp3) is 0.692. The highest BCUT2D eigenvalue weighted by Crippen LogP contribution is 2.60. The van der Waals surface area contributed by atoms with E-state index in [4.69, 9.17) is 5.11 Å². The summed E-state index contributed by atoms with van der Waals surface area (Å²) in [6.07, 6.45) is 11.6. The molecule has 0 radical (unpaired) electrons. The van der Waals surface area contributed by atoms with E-state index in [-0.39, 0.29) is 6.61 Å². The van der Waals surface area contributed by atoms with Crippen LogP contribution >= 0.6 is 0 Å². The Balaban J connectivity index is 1.70. The minimum atomic E-state index is -0.537. The van der Waals surface area contributed by atoms with Gasteiger partial charge in [-0.05, 0) is 92.2 Å². The van der Waals surface area contributed by atoms with Crippen LogP contribution in [-0.4, -0.2) is 22.4 Å². The Bertz CT molecular complexity index is 667. The van der Waals surface area contributed by atoms with Gasteiger partial charge in [-0.2, -0.15) is 0 Å². The van der Waals surface area contributed by atoms with Gasteiger partial charge in [0.15, 0.2) is 0 Å². The molecule has 0 spiro atoms. The van der Waals surface area contributed by atoms with Gasteiger partial charge in [0.1, 0.15) is 0 Å². The van der Waals surface area contributed by atoms with Crippen LogP contribution in [0.5, 0.6) is 0 Å². The number of hydrogen-bond acceptors (Lipinski definition) is 2. The molecule has 28 heavy (non-hydrogen) atoms. The molecule has 1 aromatic rings. The molecule has 3 rings (SSSR count). The third kappa shape index (κ3) is 4.71. The van der Waals surface area contributed by atoms with Crippen molar-refractivity contribution in [3.63, 3.8) is 0 Å². The van der Waals surface area contributed by atoms with E-state index in [0.29, 0.717) is 11.3 Å². The lowest BCUT2D eigenvalue weighted by atomic mass is 9.61. The summed E-state index contributed by atoms with van der Waals surface area (Å²) in [6, 6.07) is 8.90. The number of fused-ring (bicyclic) bond motifs is 1. The zero-order valence-electron chi connectivity index (χ0n) is 18.4. The van der Waals surface area contributed by atoms with E-state index < -0.39 is 5.60 Å². The second-order valence-corrected chi connectivity index (χ2v) is 10.3. The van der Waals surface area contributed by atoms with Crippen molar-refractivity contribution in [3.05, 3.63) is 41.5 Å². The number of rotatable bonds is 8. The van der Waals surface area contributed by atoms with Crippen molar-refractivity contribution < 1.29 is 10.2 Å². The highest BCUT2D eigenvalue weighted by atomic mass is 16.3. The van der Waals surface area contributed by atoms with E-state index in [1.807, 2.05) is 13.8 Å². The summed E-state index contributed by atoms with van der Waals surface area (Å²) in [4.78, 5) is 0. The zero-order chi connectivity index (χ0) is 20.4. The second-order valence-electron chi connectivity index (χ2n) is 10.3. The largest absolute Gasteiger partial charge is 0.396 e. The van der Waals surface area contributed by atoms with E-state index in [9.17, 15) is 5.11 Å². The average Bonchev–Trinajstić information content (AvgIpc) is 2.98. The van der Waals surface area contributed by atoms with Gasteiger partial charge in [-0.25, -0.2) is 0 Å². The molecule has 0 bridgehead atoms. The van der Waals surface area contributed by atoms with Crippen molar-refractivity contribution in [2.24, 2.45) is 23.2 Å². The number of benzene rings is 1. The summed E-state index contributed by atoms with van der Waals surface area (Å²) in [5, 5.41) is 19.2. The van der Waals surface area contributed by atoms with Gasteiger partial charge in [0.25, 0.3) is 0 Å². The maximum Gasteiger partial charge on any atom is 0.0591 e. The maximum atomic E-state index is 10.0. The Hall–Kier alpha value is -1.12. The minimum absolute atomic E-state index is 0.218. The van der Waals surface area contributed by atoms with Crippen LogP contribution in [0.2, 0.25) is 0 Å². The predicted octanol–water partition coefficient (Wildman–Crippen LogP) is 6.01. The van der Waals surface area contributed by atoms with Gasteiger partial charge in [-0.3, -0.25) is 0 Å². The van der Waals surface area contributed by atoms with Crippen molar-refractivity contribution in [1.29, 1.82) is 0 Å². The Morgan fingerprint density at radius 1 is 1.18 bits per heavy atom. The first-order valence-corrected chi connectivity index (χ1v) is 11.4. The maximum absolute atomic E-state index is 10.0. The summed E-state index contributed by atoms with van der Waals surface area (Å²) >= 11 is 0. The number of aliphatic hydroxyl groups is 2. The van der Waals surface area contributed by atoms with E-state index in [1.54, 1.807) is 5.57 Å². The Morgan fingerprint density at radius 3 is 2.54 bits per heavy atom. The second kappa shape index (κ2) is 8.71. The number of aliphatic hydroxyl groups excluding tert-OH is 1. The first kappa shape index (κ1) is 21.6. The van der Waals surface area contributed by atoms with E-state index >= 15 is 0 Å². The molecule has 2 aliphatic carbocycles. The number of hydrogen-bond donors (Lipinski definition) is 2. The van der Waals surface area contributed by atoms with Gasteiger partial charge in [0.2, 0.25) is 0 Å². The lowest BCUT2D eigenvalue weighted by Crippen LogP contribution is -2.35. The molecular weight excluding hydrogens is 344 g/mol. The lowest BCUT2D eigenvalue weighted by molar-refractivity contribution is 0.0620. The molecule has 1 fully saturated rings. The van der Waals surface area contributed by atoms with Crippen LogP contribution < -0.4 is 0 Å². The molecule has 0 aliphatic heterocycles. The average molecular weight is 385 g/mol. The molecule has 0 aromatic heterocycles. The number of allylic oxidation sites excluding steroid dienone is 2. The Morgan fingerprint density at radius 2 is 1.89 bits per heavy atom. The van der Waals surface area contributed by atoms with Crippen LogP contribution in [0, 0.1) is 23.2 Å². The normalized spacial score (nSPS) is 28.7. The van der Waals surface area contributed by atoms with Crippen molar-refractivity contribution in [1.82, 2.24) is 0 Å². The van der Waals surface area contributed by atoms with E-state index in [1.165, 1.54) is 43.2 Å². The van der Waals surface area contributed by atoms with Gasteiger partial charge in [-0.1, -0.05) is 57.0 Å². The van der Waals surface area contributed by atoms with Crippen molar-refractivity contribution in [3.8, 4) is 0 Å². The molecule has 0 amide bonds. The van der Waals surface area contributed by atoms with Crippen molar-refractivity contribution >= 4 is 5.57 Å². The van der Waals surface area contributed by atoms with E-state index in [2.05, 4.69) is 44.2 Å². The van der Waals surface area contributed by atoms with Crippen molar-refractivity contribution in [2.75, 3.05) is 6.61 Å². The van der Waals surface area contributed by atoms with Gasteiger partial charge in [0.05, 0.1) is 5.60 Å². The topological polar surface area (TPSA) is 40.5 Å². The van der Waals surface area contributed by atoms with Crippen LogP contribution in [0.25, 0.3) is 5.57 Å². The van der Waals surface area contributed by atoms with Gasteiger partial charge in [-0.15, -0.1) is 0 Å². The van der Waals surface area contributed by atoms with Gasteiger partial charge in [0, 0.05) is 6.61 Å². The summed E-state index contributed by atoms with van der Waals surface area (Å²) in [7, 11) is 0. The molecular formula is C26H40O2. The summed E-state index contributed by atoms with van der Waals surface area (Å²) in [5.41, 5.74) is 4.03. The molecule has 0 heterocycles. The third-order valence-electron chi connectivity index (χ3n) is 7.65. The van der Waals surface area contributed by atoms with Crippen molar-refractivity contribution in [2.45, 2.75) is 84.7 Å². The highest BCUT2D eigenvalue weighted by Gasteiger charge is 2.50. The molecule has 4 atom stereocenters. The molecule has 1 saturated carbocycles. The predicted molar refractivity (Wildman–Crippen MR) is 118 cm³/mol. The standard InChI is InChI=1S/C26H40O2/c1-19(7-5-16-25(2,3)28)23-13-14-24-22(8-6-17-26(23,24)4)21-11-9-20(10-12-21)15-18-27/h8-12,19,23-24,27-28H,5-7,13-18H2,1-4H3/t19-,23?,24+,26-/m1/s1. The van der Waals surface area contributed by atoms with Crippen LogP contribution in [-0.2, 0) is 6.42 Å². The molecule has 2 heteroatoms. The highest BCUT2D eigenvalue weighted by molar-refractivity contribution is 5.69. The molecule has 1 unspecified atom stereocenters. The van der Waals surface area contributed by atoms with Gasteiger partial charge < -0.3 is 10.2 Å². The van der Waals surface area contributed by atoms with Crippen LogP contribution in [0.4, 0.5) is 0 Å². The summed E-state index contributed by atoms with van der Waals surface area (Å²) in [5.74, 6) is 2.19. The van der Waals surface area contributed by atoms with E-state index in [0.717, 1.165) is 31.1 Å². The van der Waals surface area contributed by atoms with Crippen LogP contribution in [0.3, 0.4) is 0 Å². The molecule has 2 nitrogen and oxygen atoms in total. The third-order valence-corrected chi connectivity index (χ3v) is 7.65. The monoisotopic (exact) mass is 384 g/mol. The first-order chi connectivity index (χ1) is 13.2. The summed E-state index contributed by atoms with van der Waals surface area (Å²) < 4.78 is 0. The smallest absolute Gasteiger partial charge is 0.0591 e. The van der Waals surface area contributed by atoms with Gasteiger partial charge >= 0.3 is 0 Å². The fourth-order valence-corrected chi connectivity index (χ4v) is 6.12. The molecule has 2 N–H and O–H groups in total. The Labute approximate surface area is 172 Å². The Kier molecular flexibility index (Phi) is 6.72. The molecule has 0 saturated heterocycles. The summed E-state index contributed by atoms with van der Waals surface area (Å²) in [6.45, 7) is 9.07. The fourth-order valence-electron chi connectivity index (χ4n) is 6.12. The lowest BCUT2D eigenvalue weighted by Gasteiger charge is -2.43. The SMILES string of the molecule is C[C@H](CCCC(C)(C)O)C1CC[C@H]2C(c3ccc(CCO)cc3)=CCC[C@]12C. The zero-order valence-corrected chi connectivity index (χ0v) is 18.4.